The highest BCUT2D eigenvalue weighted by molar-refractivity contribution is 6.30. The molecule has 2 nitrogen and oxygen atoms in total. The molecule has 1 heterocycles. The van der Waals surface area contributed by atoms with Crippen molar-refractivity contribution < 1.29 is 0 Å². The largest absolute Gasteiger partial charge is 0.371 e. The van der Waals surface area contributed by atoms with Gasteiger partial charge in [-0.1, -0.05) is 17.7 Å². The molecule has 1 fully saturated rings. The lowest BCUT2D eigenvalue weighted by molar-refractivity contribution is 0.422. The zero-order valence-electron chi connectivity index (χ0n) is 9.19. The molecule has 0 radical (unpaired) electrons. The maximum atomic E-state index is 8.73. The number of nitrogens with zero attached hydrogens (tertiary/aromatic N) is 2. The molecular weight excluding hydrogens is 220 g/mol. The van der Waals surface area contributed by atoms with Gasteiger partial charge < -0.3 is 4.90 Å². The van der Waals surface area contributed by atoms with Gasteiger partial charge in [-0.3, -0.25) is 0 Å². The van der Waals surface area contributed by atoms with Gasteiger partial charge in [0.25, 0.3) is 0 Å². The number of rotatable bonds is 2. The van der Waals surface area contributed by atoms with Gasteiger partial charge in [0, 0.05) is 30.2 Å². The van der Waals surface area contributed by atoms with Gasteiger partial charge in [-0.25, -0.2) is 0 Å². The van der Waals surface area contributed by atoms with Crippen molar-refractivity contribution in [3.63, 3.8) is 0 Å². The fraction of sp³-hybridized carbons (Fsp3) is 0.462. The van der Waals surface area contributed by atoms with Crippen molar-refractivity contribution >= 4 is 17.3 Å². The Balaban J connectivity index is 2.07. The third-order valence-electron chi connectivity index (χ3n) is 3.07. The summed E-state index contributed by atoms with van der Waals surface area (Å²) < 4.78 is 0. The van der Waals surface area contributed by atoms with Crippen molar-refractivity contribution in [2.45, 2.75) is 19.3 Å². The Morgan fingerprint density at radius 2 is 2.38 bits per heavy atom. The molecule has 1 unspecified atom stereocenters. The van der Waals surface area contributed by atoms with Crippen LogP contribution in [0.5, 0.6) is 0 Å². The normalized spacial score (nSPS) is 20.5. The van der Waals surface area contributed by atoms with Crippen molar-refractivity contribution in [3.8, 4) is 6.07 Å². The van der Waals surface area contributed by atoms with Crippen LogP contribution in [0.2, 0.25) is 5.02 Å². The zero-order valence-corrected chi connectivity index (χ0v) is 9.95. The van der Waals surface area contributed by atoms with Crippen LogP contribution in [-0.4, -0.2) is 13.1 Å². The molecule has 16 heavy (non-hydrogen) atoms. The Morgan fingerprint density at radius 1 is 1.50 bits per heavy atom. The van der Waals surface area contributed by atoms with Crippen LogP contribution in [0.3, 0.4) is 0 Å². The van der Waals surface area contributed by atoms with E-state index in [9.17, 15) is 0 Å². The van der Waals surface area contributed by atoms with Gasteiger partial charge in [-0.05, 0) is 37.0 Å². The fourth-order valence-electron chi connectivity index (χ4n) is 2.27. The highest BCUT2D eigenvalue weighted by atomic mass is 35.5. The Kier molecular flexibility index (Phi) is 3.69. The first-order valence-electron chi connectivity index (χ1n) is 5.67. The number of piperidine rings is 1. The van der Waals surface area contributed by atoms with Crippen molar-refractivity contribution in [1.29, 1.82) is 5.26 Å². The zero-order chi connectivity index (χ0) is 11.4. The van der Waals surface area contributed by atoms with Crippen molar-refractivity contribution in [3.05, 3.63) is 29.3 Å². The Morgan fingerprint density at radius 3 is 3.12 bits per heavy atom. The Labute approximate surface area is 101 Å². The molecule has 0 N–H and O–H groups in total. The summed E-state index contributed by atoms with van der Waals surface area (Å²) in [6.07, 6.45) is 3.00. The molecule has 1 aromatic rings. The first-order chi connectivity index (χ1) is 7.79. The van der Waals surface area contributed by atoms with Crippen LogP contribution in [0.4, 0.5) is 5.69 Å². The summed E-state index contributed by atoms with van der Waals surface area (Å²) in [5.41, 5.74) is 1.18. The standard InChI is InChI=1S/C13H15ClN2/c14-12-4-1-5-13(9-12)16-8-2-3-11(10-16)6-7-15/h1,4-5,9,11H,2-3,6,8,10H2. The molecule has 2 rings (SSSR count). The predicted octanol–water partition coefficient (Wildman–Crippen LogP) is 3.47. The van der Waals surface area contributed by atoms with Gasteiger partial charge in [-0.2, -0.15) is 5.26 Å². The first kappa shape index (κ1) is 11.3. The maximum absolute atomic E-state index is 8.73. The van der Waals surface area contributed by atoms with Gasteiger partial charge in [0.15, 0.2) is 0 Å². The van der Waals surface area contributed by atoms with Gasteiger partial charge in [0.05, 0.1) is 6.07 Å². The summed E-state index contributed by atoms with van der Waals surface area (Å²) in [4.78, 5) is 2.33. The average molecular weight is 235 g/mol. The SMILES string of the molecule is N#CCC1CCCN(c2cccc(Cl)c2)C1. The highest BCUT2D eigenvalue weighted by Crippen LogP contribution is 2.26. The van der Waals surface area contributed by atoms with E-state index < -0.39 is 0 Å². The molecule has 1 atom stereocenters. The number of benzene rings is 1. The van der Waals surface area contributed by atoms with Crippen LogP contribution in [0.25, 0.3) is 0 Å². The van der Waals surface area contributed by atoms with Gasteiger partial charge in [0.1, 0.15) is 0 Å². The summed E-state index contributed by atoms with van der Waals surface area (Å²) >= 11 is 5.98. The van der Waals surface area contributed by atoms with Crippen LogP contribution in [0.15, 0.2) is 24.3 Å². The van der Waals surface area contributed by atoms with Crippen LogP contribution in [-0.2, 0) is 0 Å². The number of hydrogen-bond donors (Lipinski definition) is 0. The fourth-order valence-corrected chi connectivity index (χ4v) is 2.45. The number of halogens is 1. The Hall–Kier alpha value is -1.20. The summed E-state index contributed by atoms with van der Waals surface area (Å²) in [6, 6.07) is 10.2. The minimum absolute atomic E-state index is 0.512. The maximum Gasteiger partial charge on any atom is 0.0625 e. The smallest absolute Gasteiger partial charge is 0.0625 e. The average Bonchev–Trinajstić information content (AvgIpc) is 2.30. The third kappa shape index (κ3) is 2.68. The summed E-state index contributed by atoms with van der Waals surface area (Å²) in [6.45, 7) is 2.05. The van der Waals surface area contributed by atoms with E-state index in [1.165, 1.54) is 18.5 Å². The molecule has 84 valence electrons. The minimum atomic E-state index is 0.512. The monoisotopic (exact) mass is 234 g/mol. The van der Waals surface area contributed by atoms with E-state index in [1.54, 1.807) is 0 Å². The molecule has 0 saturated carbocycles. The second-order valence-electron chi connectivity index (χ2n) is 4.30. The molecular formula is C13H15ClN2. The van der Waals surface area contributed by atoms with E-state index in [0.29, 0.717) is 12.3 Å². The van der Waals surface area contributed by atoms with Gasteiger partial charge >= 0.3 is 0 Å². The van der Waals surface area contributed by atoms with Crippen LogP contribution in [0.1, 0.15) is 19.3 Å². The molecule has 0 aromatic heterocycles. The molecule has 0 bridgehead atoms. The van der Waals surface area contributed by atoms with Crippen LogP contribution < -0.4 is 4.90 Å². The van der Waals surface area contributed by atoms with E-state index in [4.69, 9.17) is 16.9 Å². The molecule has 3 heteroatoms. The number of anilines is 1. The lowest BCUT2D eigenvalue weighted by atomic mass is 9.95. The van der Waals surface area contributed by atoms with Crippen molar-refractivity contribution in [2.75, 3.05) is 18.0 Å². The second-order valence-corrected chi connectivity index (χ2v) is 4.73. The third-order valence-corrected chi connectivity index (χ3v) is 3.31. The molecule has 1 aromatic carbocycles. The second kappa shape index (κ2) is 5.23. The summed E-state index contributed by atoms with van der Waals surface area (Å²) in [7, 11) is 0. The van der Waals surface area contributed by atoms with Crippen molar-refractivity contribution in [2.24, 2.45) is 5.92 Å². The predicted molar refractivity (Wildman–Crippen MR) is 66.6 cm³/mol. The molecule has 1 saturated heterocycles. The molecule has 0 amide bonds. The first-order valence-corrected chi connectivity index (χ1v) is 6.05. The van der Waals surface area contributed by atoms with E-state index >= 15 is 0 Å². The molecule has 0 aliphatic carbocycles. The lowest BCUT2D eigenvalue weighted by Crippen LogP contribution is -2.35. The summed E-state index contributed by atoms with van der Waals surface area (Å²) in [5, 5.41) is 9.51. The Bertz CT molecular complexity index is 397. The van der Waals surface area contributed by atoms with Crippen LogP contribution >= 0.6 is 11.6 Å². The quantitative estimate of drug-likeness (QED) is 0.784. The summed E-state index contributed by atoms with van der Waals surface area (Å²) in [5.74, 6) is 0.512. The topological polar surface area (TPSA) is 27.0 Å². The molecule has 0 spiro atoms. The van der Waals surface area contributed by atoms with E-state index in [-0.39, 0.29) is 0 Å². The minimum Gasteiger partial charge on any atom is -0.371 e. The van der Waals surface area contributed by atoms with E-state index in [2.05, 4.69) is 17.0 Å². The van der Waals surface area contributed by atoms with Crippen LogP contribution in [0, 0.1) is 17.2 Å². The molecule has 1 aliphatic heterocycles. The number of nitriles is 1. The van der Waals surface area contributed by atoms with E-state index in [0.717, 1.165) is 18.1 Å². The number of hydrogen-bond acceptors (Lipinski definition) is 2. The van der Waals surface area contributed by atoms with Crippen molar-refractivity contribution in [1.82, 2.24) is 0 Å². The lowest BCUT2D eigenvalue weighted by Gasteiger charge is -2.33. The molecule has 1 aliphatic rings. The van der Waals surface area contributed by atoms with E-state index in [1.807, 2.05) is 18.2 Å². The van der Waals surface area contributed by atoms with Gasteiger partial charge in [0.2, 0.25) is 0 Å². The highest BCUT2D eigenvalue weighted by Gasteiger charge is 2.19. The van der Waals surface area contributed by atoms with Gasteiger partial charge in [-0.15, -0.1) is 0 Å².